The van der Waals surface area contributed by atoms with Gasteiger partial charge in [0.1, 0.15) is 5.60 Å². The zero-order valence-electron chi connectivity index (χ0n) is 14.1. The number of esters is 1. The van der Waals surface area contributed by atoms with Gasteiger partial charge in [0, 0.05) is 0 Å². The summed E-state index contributed by atoms with van der Waals surface area (Å²) in [6, 6.07) is 0. The fourth-order valence-electron chi connectivity index (χ4n) is 4.98. The Kier molecular flexibility index (Phi) is 4.79. The number of carbonyl (C=O) groups excluding carboxylic acids is 1. The van der Waals surface area contributed by atoms with Crippen LogP contribution in [0.15, 0.2) is 12.2 Å². The van der Waals surface area contributed by atoms with E-state index in [2.05, 4.69) is 13.5 Å². The topological polar surface area (TPSA) is 89.9 Å². The summed E-state index contributed by atoms with van der Waals surface area (Å²) >= 11 is 0. The Labute approximate surface area is 143 Å². The van der Waals surface area contributed by atoms with Crippen LogP contribution in [0.25, 0.3) is 0 Å². The molecule has 0 amide bonds. The van der Waals surface area contributed by atoms with E-state index in [4.69, 9.17) is 14.0 Å². The first-order chi connectivity index (χ1) is 11.2. The van der Waals surface area contributed by atoms with E-state index in [1.807, 2.05) is 0 Å². The summed E-state index contributed by atoms with van der Waals surface area (Å²) in [6.45, 7) is 5.48. The highest BCUT2D eigenvalue weighted by Gasteiger charge is 2.57. The molecule has 0 atom stereocenters. The molecular weight excluding hydrogens is 332 g/mol. The lowest BCUT2D eigenvalue weighted by Crippen LogP contribution is -2.58. The minimum Gasteiger partial charge on any atom is -0.455 e. The molecule has 24 heavy (non-hydrogen) atoms. The summed E-state index contributed by atoms with van der Waals surface area (Å²) in [6.07, 6.45) is 5.93. The third-order valence-electron chi connectivity index (χ3n) is 6.12. The molecule has 0 aromatic heterocycles. The normalized spacial score (nSPS) is 37.4. The molecule has 0 aromatic rings. The molecule has 4 bridgehead atoms. The monoisotopic (exact) mass is 358 g/mol. The molecule has 7 heteroatoms. The van der Waals surface area contributed by atoms with Gasteiger partial charge in [-0.1, -0.05) is 6.58 Å². The van der Waals surface area contributed by atoms with Crippen LogP contribution in [0.4, 0.5) is 0 Å². The van der Waals surface area contributed by atoms with Crippen LogP contribution in [0, 0.1) is 23.7 Å². The molecule has 0 unspecified atom stereocenters. The van der Waals surface area contributed by atoms with Gasteiger partial charge in [0.25, 0.3) is 10.1 Å². The second kappa shape index (κ2) is 6.42. The maximum Gasteiger partial charge on any atom is 0.336 e. The molecule has 1 N–H and O–H groups in total. The minimum atomic E-state index is -4.06. The Morgan fingerprint density at radius 1 is 1.17 bits per heavy atom. The Morgan fingerprint density at radius 3 is 2.21 bits per heavy atom. The summed E-state index contributed by atoms with van der Waals surface area (Å²) in [5.74, 6) is 1.51. The fourth-order valence-corrected chi connectivity index (χ4v) is 5.31. The largest absolute Gasteiger partial charge is 0.455 e. The number of ether oxygens (including phenoxy) is 2. The molecule has 6 nitrogen and oxygen atoms in total. The van der Waals surface area contributed by atoms with Crippen molar-refractivity contribution in [3.05, 3.63) is 12.2 Å². The second-order valence-corrected chi connectivity index (χ2v) is 9.39. The third kappa shape index (κ3) is 3.68. The summed E-state index contributed by atoms with van der Waals surface area (Å²) in [4.78, 5) is 12.4. The van der Waals surface area contributed by atoms with E-state index in [-0.39, 0.29) is 18.8 Å². The van der Waals surface area contributed by atoms with Gasteiger partial charge in [-0.15, -0.1) is 0 Å². The van der Waals surface area contributed by atoms with Gasteiger partial charge in [-0.3, -0.25) is 4.55 Å². The quantitative estimate of drug-likeness (QED) is 0.325. The lowest BCUT2D eigenvalue weighted by atomic mass is 9.50. The van der Waals surface area contributed by atoms with Crippen molar-refractivity contribution in [3.8, 4) is 0 Å². The van der Waals surface area contributed by atoms with Crippen LogP contribution in [-0.2, 0) is 24.4 Å². The molecule has 0 aliphatic heterocycles. The standard InChI is InChI=1S/C17H26O6S/c1-11(10-22-3-4-24(19,20)21)16(18)23-17(2)14-6-12-5-13(8-14)9-15(17)7-12/h12-15H,1,3-10H2,2H3,(H,19,20,21). The van der Waals surface area contributed by atoms with Crippen molar-refractivity contribution < 1.29 is 27.2 Å². The molecule has 136 valence electrons. The Hall–Kier alpha value is -0.920. The second-order valence-electron chi connectivity index (χ2n) is 7.82. The van der Waals surface area contributed by atoms with Crippen molar-refractivity contribution in [2.24, 2.45) is 23.7 Å². The molecule has 4 rings (SSSR count). The maximum atomic E-state index is 12.4. The average molecular weight is 358 g/mol. The number of carbonyl (C=O) groups is 1. The van der Waals surface area contributed by atoms with Crippen LogP contribution in [0.1, 0.15) is 39.0 Å². The van der Waals surface area contributed by atoms with Gasteiger partial charge in [-0.25, -0.2) is 4.79 Å². The van der Waals surface area contributed by atoms with Gasteiger partial charge in [-0.2, -0.15) is 8.42 Å². The van der Waals surface area contributed by atoms with E-state index in [0.717, 1.165) is 37.5 Å². The van der Waals surface area contributed by atoms with Crippen molar-refractivity contribution in [2.75, 3.05) is 19.0 Å². The van der Waals surface area contributed by atoms with Gasteiger partial charge in [-0.05, 0) is 62.7 Å². The van der Waals surface area contributed by atoms with E-state index in [1.165, 1.54) is 6.42 Å². The van der Waals surface area contributed by atoms with Gasteiger partial charge < -0.3 is 9.47 Å². The predicted octanol–water partition coefficient (Wildman–Crippen LogP) is 2.20. The summed E-state index contributed by atoms with van der Waals surface area (Å²) in [7, 11) is -4.06. The Morgan fingerprint density at radius 2 is 1.71 bits per heavy atom. The average Bonchev–Trinajstić information content (AvgIpc) is 2.47. The SMILES string of the molecule is C=C(COCCS(=O)(=O)O)C(=O)OC1(C)C2CC3CC(C2)CC1C3. The van der Waals surface area contributed by atoms with Gasteiger partial charge >= 0.3 is 5.97 Å². The first kappa shape index (κ1) is 17.9. The molecule has 0 radical (unpaired) electrons. The first-order valence-corrected chi connectivity index (χ1v) is 10.2. The third-order valence-corrected chi connectivity index (χ3v) is 6.81. The van der Waals surface area contributed by atoms with Crippen LogP contribution in [-0.4, -0.2) is 43.5 Å². The Bertz CT molecular complexity index is 595. The number of hydrogen-bond donors (Lipinski definition) is 1. The molecule has 0 saturated heterocycles. The summed E-state index contributed by atoms with van der Waals surface area (Å²) < 4.78 is 40.9. The summed E-state index contributed by atoms with van der Waals surface area (Å²) in [5.41, 5.74) is -0.234. The highest BCUT2D eigenvalue weighted by Crippen LogP contribution is 2.59. The van der Waals surface area contributed by atoms with Gasteiger partial charge in [0.15, 0.2) is 0 Å². The molecule has 0 aromatic carbocycles. The summed E-state index contributed by atoms with van der Waals surface area (Å²) in [5, 5.41) is 0. The van der Waals surface area contributed by atoms with Crippen molar-refractivity contribution in [1.82, 2.24) is 0 Å². The number of rotatable bonds is 7. The molecule has 4 aliphatic rings. The van der Waals surface area contributed by atoms with Crippen molar-refractivity contribution in [1.29, 1.82) is 0 Å². The molecule has 4 fully saturated rings. The van der Waals surface area contributed by atoms with Crippen molar-refractivity contribution in [2.45, 2.75) is 44.6 Å². The predicted molar refractivity (Wildman–Crippen MR) is 87.9 cm³/mol. The van der Waals surface area contributed by atoms with Gasteiger partial charge in [0.05, 0.1) is 24.5 Å². The van der Waals surface area contributed by atoms with Crippen LogP contribution in [0.2, 0.25) is 0 Å². The van der Waals surface area contributed by atoms with Crippen LogP contribution in [0.3, 0.4) is 0 Å². The van der Waals surface area contributed by atoms with Crippen molar-refractivity contribution >= 4 is 16.1 Å². The maximum absolute atomic E-state index is 12.4. The van der Waals surface area contributed by atoms with Crippen molar-refractivity contribution in [3.63, 3.8) is 0 Å². The zero-order chi connectivity index (χ0) is 17.5. The van der Waals surface area contributed by atoms with E-state index >= 15 is 0 Å². The van der Waals surface area contributed by atoms with Crippen LogP contribution in [0.5, 0.6) is 0 Å². The van der Waals surface area contributed by atoms with E-state index in [1.54, 1.807) is 0 Å². The smallest absolute Gasteiger partial charge is 0.336 e. The Balaban J connectivity index is 1.52. The minimum absolute atomic E-state index is 0.0922. The lowest BCUT2D eigenvalue weighted by molar-refractivity contribution is -0.199. The van der Waals surface area contributed by atoms with E-state index < -0.39 is 27.4 Å². The van der Waals surface area contributed by atoms with Crippen LogP contribution < -0.4 is 0 Å². The van der Waals surface area contributed by atoms with Crippen LogP contribution >= 0.6 is 0 Å². The molecular formula is C17H26O6S. The lowest BCUT2D eigenvalue weighted by Gasteiger charge is -2.59. The zero-order valence-corrected chi connectivity index (χ0v) is 14.9. The van der Waals surface area contributed by atoms with E-state index in [9.17, 15) is 13.2 Å². The highest BCUT2D eigenvalue weighted by molar-refractivity contribution is 7.85. The van der Waals surface area contributed by atoms with Gasteiger partial charge in [0.2, 0.25) is 0 Å². The highest BCUT2D eigenvalue weighted by atomic mass is 32.2. The molecule has 4 saturated carbocycles. The first-order valence-electron chi connectivity index (χ1n) is 8.61. The number of hydrogen-bond acceptors (Lipinski definition) is 5. The molecule has 0 spiro atoms. The fraction of sp³-hybridized carbons (Fsp3) is 0.824. The van der Waals surface area contributed by atoms with E-state index in [0.29, 0.717) is 11.8 Å². The molecule has 4 aliphatic carbocycles. The molecule has 0 heterocycles.